The first-order valence-corrected chi connectivity index (χ1v) is 11.8. The first-order chi connectivity index (χ1) is 15.9. The van der Waals surface area contributed by atoms with Gasteiger partial charge in [0.05, 0.1) is 26.2 Å². The van der Waals surface area contributed by atoms with Gasteiger partial charge in [-0.1, -0.05) is 26.0 Å². The molecule has 4 rings (SSSR count). The number of rotatable bonds is 5. The topological polar surface area (TPSA) is 59.1 Å². The third kappa shape index (κ3) is 4.85. The molecular formula is C27H34N2O4. The molecule has 2 heterocycles. The number of hydrogen-bond donors (Lipinski definition) is 0. The highest BCUT2D eigenvalue weighted by Gasteiger charge is 2.43. The molecule has 0 aromatic heterocycles. The predicted octanol–water partition coefficient (Wildman–Crippen LogP) is 4.69. The lowest BCUT2D eigenvalue weighted by Gasteiger charge is -2.44. The minimum atomic E-state index is -0.370. The van der Waals surface area contributed by atoms with Crippen LogP contribution in [0.4, 0.5) is 5.69 Å². The zero-order valence-corrected chi connectivity index (χ0v) is 20.0. The van der Waals surface area contributed by atoms with Crippen molar-refractivity contribution in [2.45, 2.75) is 39.2 Å². The Morgan fingerprint density at radius 3 is 1.97 bits per heavy atom. The van der Waals surface area contributed by atoms with Crippen LogP contribution in [0.2, 0.25) is 0 Å². The van der Waals surface area contributed by atoms with E-state index in [-0.39, 0.29) is 23.8 Å². The van der Waals surface area contributed by atoms with E-state index in [9.17, 15) is 9.59 Å². The molecule has 33 heavy (non-hydrogen) atoms. The Morgan fingerprint density at radius 1 is 0.879 bits per heavy atom. The molecule has 0 saturated carbocycles. The molecule has 6 heteroatoms. The number of nitrogens with zero attached hydrogens (tertiary/aromatic N) is 2. The maximum absolute atomic E-state index is 13.9. The first-order valence-electron chi connectivity index (χ1n) is 11.8. The fourth-order valence-corrected chi connectivity index (χ4v) is 5.46. The molecule has 6 nitrogen and oxygen atoms in total. The number of hydrogen-bond acceptors (Lipinski definition) is 4. The van der Waals surface area contributed by atoms with Gasteiger partial charge in [0.25, 0.3) is 0 Å². The Labute approximate surface area is 196 Å². The van der Waals surface area contributed by atoms with E-state index < -0.39 is 0 Å². The van der Waals surface area contributed by atoms with Gasteiger partial charge in [0.1, 0.15) is 11.5 Å². The Kier molecular flexibility index (Phi) is 6.91. The van der Waals surface area contributed by atoms with Gasteiger partial charge in [-0.15, -0.1) is 0 Å². The smallest absolute Gasteiger partial charge is 0.228 e. The standard InChI is InChI=1S/C27H34N2O4/c1-18-15-19(2)17-28(16-18)27(31)24-13-14-25(30)29(21-7-11-23(33-4)12-8-21)26(24)20-5-9-22(32-3)10-6-20/h5-12,18-19,24,26H,13-17H2,1-4H3/t18-,19+,24-,26-/m1/s1. The average Bonchev–Trinajstić information content (AvgIpc) is 2.83. The predicted molar refractivity (Wildman–Crippen MR) is 128 cm³/mol. The van der Waals surface area contributed by atoms with Crippen LogP contribution in [0.1, 0.15) is 44.7 Å². The van der Waals surface area contributed by atoms with Gasteiger partial charge in [-0.25, -0.2) is 0 Å². The molecule has 0 aliphatic carbocycles. The van der Waals surface area contributed by atoms with Gasteiger partial charge < -0.3 is 19.3 Å². The molecule has 0 N–H and O–H groups in total. The molecule has 2 fully saturated rings. The summed E-state index contributed by atoms with van der Waals surface area (Å²) in [6.07, 6.45) is 2.06. The second-order valence-corrected chi connectivity index (χ2v) is 9.51. The summed E-state index contributed by atoms with van der Waals surface area (Å²) in [6, 6.07) is 14.9. The number of methoxy groups -OCH3 is 2. The van der Waals surface area contributed by atoms with E-state index in [4.69, 9.17) is 9.47 Å². The van der Waals surface area contributed by atoms with E-state index in [1.807, 2.05) is 58.3 Å². The number of piperidine rings is 2. The zero-order chi connectivity index (χ0) is 23.5. The Bertz CT molecular complexity index is 963. The Balaban J connectivity index is 1.73. The fraction of sp³-hybridized carbons (Fsp3) is 0.481. The van der Waals surface area contributed by atoms with Crippen LogP contribution >= 0.6 is 0 Å². The summed E-state index contributed by atoms with van der Waals surface area (Å²) < 4.78 is 10.6. The van der Waals surface area contributed by atoms with E-state index in [1.165, 1.54) is 0 Å². The van der Waals surface area contributed by atoms with Gasteiger partial charge in [0.15, 0.2) is 0 Å². The van der Waals surface area contributed by atoms with E-state index in [0.29, 0.717) is 24.7 Å². The quantitative estimate of drug-likeness (QED) is 0.663. The number of amides is 2. The summed E-state index contributed by atoms with van der Waals surface area (Å²) in [5, 5.41) is 0. The third-order valence-electron chi connectivity index (χ3n) is 6.90. The molecule has 0 radical (unpaired) electrons. The summed E-state index contributed by atoms with van der Waals surface area (Å²) >= 11 is 0. The van der Waals surface area contributed by atoms with Crippen LogP contribution in [-0.4, -0.2) is 44.0 Å². The zero-order valence-electron chi connectivity index (χ0n) is 20.0. The average molecular weight is 451 g/mol. The highest BCUT2D eigenvalue weighted by Crippen LogP contribution is 2.42. The van der Waals surface area contributed by atoms with Crippen LogP contribution < -0.4 is 14.4 Å². The largest absolute Gasteiger partial charge is 0.497 e. The SMILES string of the molecule is COc1ccc([C@@H]2[C@H](C(=O)N3C[C@H](C)C[C@H](C)C3)CCC(=O)N2c2ccc(OC)cc2)cc1. The van der Waals surface area contributed by atoms with Crippen molar-refractivity contribution in [1.82, 2.24) is 4.90 Å². The summed E-state index contributed by atoms with van der Waals surface area (Å²) in [7, 11) is 3.25. The van der Waals surface area contributed by atoms with Gasteiger partial charge in [-0.2, -0.15) is 0 Å². The lowest BCUT2D eigenvalue weighted by Crippen LogP contribution is -2.52. The maximum atomic E-state index is 13.9. The molecule has 2 aromatic rings. The molecule has 0 bridgehead atoms. The third-order valence-corrected chi connectivity index (χ3v) is 6.90. The van der Waals surface area contributed by atoms with Gasteiger partial charge in [-0.05, 0) is 66.6 Å². The molecule has 2 aliphatic heterocycles. The summed E-state index contributed by atoms with van der Waals surface area (Å²) in [4.78, 5) is 31.0. The second-order valence-electron chi connectivity index (χ2n) is 9.51. The number of carbonyl (C=O) groups excluding carboxylic acids is 2. The number of likely N-dealkylation sites (tertiary alicyclic amines) is 1. The molecular weight excluding hydrogens is 416 g/mol. The van der Waals surface area contributed by atoms with Gasteiger partial charge in [-0.3, -0.25) is 9.59 Å². The van der Waals surface area contributed by atoms with Crippen molar-refractivity contribution in [3.63, 3.8) is 0 Å². The molecule has 0 unspecified atom stereocenters. The van der Waals surface area contributed by atoms with Gasteiger partial charge in [0, 0.05) is 25.2 Å². The van der Waals surface area contributed by atoms with Gasteiger partial charge >= 0.3 is 0 Å². The molecule has 176 valence electrons. The van der Waals surface area contributed by atoms with Crippen molar-refractivity contribution in [1.29, 1.82) is 0 Å². The fourth-order valence-electron chi connectivity index (χ4n) is 5.46. The highest BCUT2D eigenvalue weighted by molar-refractivity contribution is 5.97. The van der Waals surface area contributed by atoms with Crippen LogP contribution in [0.15, 0.2) is 48.5 Å². The van der Waals surface area contributed by atoms with Crippen molar-refractivity contribution in [3.8, 4) is 11.5 Å². The maximum Gasteiger partial charge on any atom is 0.228 e. The second kappa shape index (κ2) is 9.86. The van der Waals surface area contributed by atoms with E-state index >= 15 is 0 Å². The summed E-state index contributed by atoms with van der Waals surface area (Å²) in [5.74, 6) is 2.34. The normalized spacial score (nSPS) is 25.6. The van der Waals surface area contributed by atoms with Crippen molar-refractivity contribution in [2.24, 2.45) is 17.8 Å². The van der Waals surface area contributed by atoms with E-state index in [0.717, 1.165) is 42.3 Å². The molecule has 0 spiro atoms. The van der Waals surface area contributed by atoms with E-state index in [2.05, 4.69) is 13.8 Å². The number of ether oxygens (including phenoxy) is 2. The first kappa shape index (κ1) is 23.1. The molecule has 2 aliphatic rings. The van der Waals surface area contributed by atoms with Crippen molar-refractivity contribution in [3.05, 3.63) is 54.1 Å². The number of carbonyl (C=O) groups is 2. The van der Waals surface area contributed by atoms with Crippen LogP contribution in [0.25, 0.3) is 0 Å². The molecule has 2 aromatic carbocycles. The minimum Gasteiger partial charge on any atom is -0.497 e. The lowest BCUT2D eigenvalue weighted by atomic mass is 9.81. The number of anilines is 1. The Morgan fingerprint density at radius 2 is 1.42 bits per heavy atom. The highest BCUT2D eigenvalue weighted by atomic mass is 16.5. The lowest BCUT2D eigenvalue weighted by molar-refractivity contribution is -0.141. The molecule has 2 amide bonds. The number of benzene rings is 2. The molecule has 4 atom stereocenters. The Hall–Kier alpha value is -3.02. The van der Waals surface area contributed by atoms with Crippen molar-refractivity contribution in [2.75, 3.05) is 32.2 Å². The monoisotopic (exact) mass is 450 g/mol. The van der Waals surface area contributed by atoms with Crippen molar-refractivity contribution < 1.29 is 19.1 Å². The van der Waals surface area contributed by atoms with Crippen molar-refractivity contribution >= 4 is 17.5 Å². The summed E-state index contributed by atoms with van der Waals surface area (Å²) in [5.41, 5.74) is 1.72. The summed E-state index contributed by atoms with van der Waals surface area (Å²) in [6.45, 7) is 5.99. The van der Waals surface area contributed by atoms with Crippen LogP contribution in [0.3, 0.4) is 0 Å². The van der Waals surface area contributed by atoms with Crippen LogP contribution in [0, 0.1) is 17.8 Å². The molecule has 2 saturated heterocycles. The van der Waals surface area contributed by atoms with Gasteiger partial charge in [0.2, 0.25) is 11.8 Å². The van der Waals surface area contributed by atoms with Crippen LogP contribution in [0.5, 0.6) is 11.5 Å². The van der Waals surface area contributed by atoms with Crippen LogP contribution in [-0.2, 0) is 9.59 Å². The van der Waals surface area contributed by atoms with E-state index in [1.54, 1.807) is 14.2 Å². The minimum absolute atomic E-state index is 0.0328.